The summed E-state index contributed by atoms with van der Waals surface area (Å²) in [5, 5.41) is 2.97. The van der Waals surface area contributed by atoms with Crippen LogP contribution in [0.15, 0.2) is 24.3 Å². The van der Waals surface area contributed by atoms with E-state index in [1.807, 2.05) is 12.1 Å². The van der Waals surface area contributed by atoms with Crippen LogP contribution in [-0.4, -0.2) is 51.1 Å². The van der Waals surface area contributed by atoms with Gasteiger partial charge in [-0.1, -0.05) is 12.1 Å². The Morgan fingerprint density at radius 1 is 1.27 bits per heavy atom. The minimum atomic E-state index is -3.13. The van der Waals surface area contributed by atoms with Crippen LogP contribution in [0.2, 0.25) is 0 Å². The first kappa shape index (κ1) is 16.9. The van der Waals surface area contributed by atoms with E-state index < -0.39 is 10.0 Å². The lowest BCUT2D eigenvalue weighted by atomic mass is 10.1. The van der Waals surface area contributed by atoms with E-state index in [1.54, 1.807) is 19.2 Å². The summed E-state index contributed by atoms with van der Waals surface area (Å²) in [4.78, 5) is 12.2. The monoisotopic (exact) mass is 326 g/mol. The fourth-order valence-electron chi connectivity index (χ4n) is 2.52. The van der Waals surface area contributed by atoms with E-state index in [-0.39, 0.29) is 11.9 Å². The molecule has 7 heteroatoms. The van der Waals surface area contributed by atoms with Crippen LogP contribution in [0.3, 0.4) is 0 Å². The Morgan fingerprint density at radius 2 is 1.86 bits per heavy atom. The second-order valence-electron chi connectivity index (χ2n) is 5.54. The summed E-state index contributed by atoms with van der Waals surface area (Å²) in [6.45, 7) is 1.43. The van der Waals surface area contributed by atoms with E-state index in [0.29, 0.717) is 38.1 Å². The summed E-state index contributed by atoms with van der Waals surface area (Å²) in [7, 11) is -1.50. The van der Waals surface area contributed by atoms with Gasteiger partial charge in [0.05, 0.1) is 12.9 Å². The van der Waals surface area contributed by atoms with Gasteiger partial charge in [0, 0.05) is 31.8 Å². The highest BCUT2D eigenvalue weighted by molar-refractivity contribution is 7.88. The smallest absolute Gasteiger partial charge is 0.251 e. The normalized spacial score (nSPS) is 17.4. The molecule has 1 amide bonds. The molecule has 6 nitrogen and oxygen atoms in total. The average Bonchev–Trinajstić information content (AvgIpc) is 2.48. The summed E-state index contributed by atoms with van der Waals surface area (Å²) < 4.78 is 29.4. The molecule has 1 N–H and O–H groups in total. The van der Waals surface area contributed by atoms with Crippen LogP contribution in [0, 0.1) is 0 Å². The molecule has 0 saturated carbocycles. The predicted octanol–water partition coefficient (Wildman–Crippen LogP) is 0.987. The molecule has 1 aromatic carbocycles. The van der Waals surface area contributed by atoms with Crippen molar-refractivity contribution in [2.75, 3.05) is 26.5 Å². The highest BCUT2D eigenvalue weighted by Gasteiger charge is 2.25. The number of nitrogens with zero attached hydrogens (tertiary/aromatic N) is 1. The molecule has 0 aliphatic carbocycles. The molecule has 0 atom stereocenters. The Bertz CT molecular complexity index is 605. The van der Waals surface area contributed by atoms with Crippen LogP contribution in [-0.2, 0) is 21.4 Å². The Balaban J connectivity index is 1.88. The number of hydrogen-bond acceptors (Lipinski definition) is 4. The van der Waals surface area contributed by atoms with Gasteiger partial charge >= 0.3 is 0 Å². The van der Waals surface area contributed by atoms with Gasteiger partial charge in [-0.3, -0.25) is 4.79 Å². The van der Waals surface area contributed by atoms with Gasteiger partial charge in [0.1, 0.15) is 0 Å². The van der Waals surface area contributed by atoms with Gasteiger partial charge in [0.15, 0.2) is 0 Å². The van der Waals surface area contributed by atoms with E-state index in [4.69, 9.17) is 4.74 Å². The third-order valence-electron chi connectivity index (χ3n) is 3.79. The highest BCUT2D eigenvalue weighted by Crippen LogP contribution is 2.14. The zero-order chi connectivity index (χ0) is 16.2. The number of amides is 1. The van der Waals surface area contributed by atoms with Gasteiger partial charge in [0.2, 0.25) is 10.0 Å². The quantitative estimate of drug-likeness (QED) is 0.875. The van der Waals surface area contributed by atoms with Crippen LogP contribution in [0.1, 0.15) is 28.8 Å². The molecule has 0 unspecified atom stereocenters. The molecule has 1 heterocycles. The molecule has 22 heavy (non-hydrogen) atoms. The number of rotatable bonds is 5. The first-order valence-electron chi connectivity index (χ1n) is 7.24. The third-order valence-corrected chi connectivity index (χ3v) is 5.09. The van der Waals surface area contributed by atoms with Crippen molar-refractivity contribution in [1.82, 2.24) is 9.62 Å². The van der Waals surface area contributed by atoms with Crippen molar-refractivity contribution >= 4 is 15.9 Å². The van der Waals surface area contributed by atoms with Crippen LogP contribution in [0.5, 0.6) is 0 Å². The largest absolute Gasteiger partial charge is 0.380 e. The Labute approximate surface area is 131 Å². The molecule has 1 aromatic rings. The molecular weight excluding hydrogens is 304 g/mol. The van der Waals surface area contributed by atoms with Crippen molar-refractivity contribution in [1.29, 1.82) is 0 Å². The van der Waals surface area contributed by atoms with Gasteiger partial charge in [-0.2, -0.15) is 0 Å². The molecule has 1 fully saturated rings. The topological polar surface area (TPSA) is 75.7 Å². The van der Waals surface area contributed by atoms with Crippen LogP contribution in [0.25, 0.3) is 0 Å². The second kappa shape index (κ2) is 7.21. The van der Waals surface area contributed by atoms with E-state index in [9.17, 15) is 13.2 Å². The standard InChI is InChI=1S/C15H22N2O4S/c1-21-11-12-3-5-13(6-4-12)15(18)16-14-7-9-17(10-8-14)22(2,19)20/h3-6,14H,7-11H2,1-2H3,(H,16,18). The minimum absolute atomic E-state index is 0.0177. The summed E-state index contributed by atoms with van der Waals surface area (Å²) in [5.74, 6) is -0.123. The van der Waals surface area contributed by atoms with Gasteiger partial charge in [0.25, 0.3) is 5.91 Å². The average molecular weight is 326 g/mol. The SMILES string of the molecule is COCc1ccc(C(=O)NC2CCN(S(C)(=O)=O)CC2)cc1. The van der Waals surface area contributed by atoms with Gasteiger partial charge < -0.3 is 10.1 Å². The zero-order valence-electron chi connectivity index (χ0n) is 12.9. The zero-order valence-corrected chi connectivity index (χ0v) is 13.7. The molecule has 1 saturated heterocycles. The molecule has 0 radical (unpaired) electrons. The molecular formula is C15H22N2O4S. The van der Waals surface area contributed by atoms with Crippen molar-refractivity contribution < 1.29 is 17.9 Å². The number of benzene rings is 1. The first-order chi connectivity index (χ1) is 10.4. The third kappa shape index (κ3) is 4.53. The lowest BCUT2D eigenvalue weighted by Gasteiger charge is -2.30. The Kier molecular flexibility index (Phi) is 5.55. The second-order valence-corrected chi connectivity index (χ2v) is 7.52. The van der Waals surface area contributed by atoms with Gasteiger partial charge in [-0.15, -0.1) is 0 Å². The first-order valence-corrected chi connectivity index (χ1v) is 9.09. The maximum atomic E-state index is 12.2. The number of carbonyl (C=O) groups is 1. The Hall–Kier alpha value is -1.44. The number of hydrogen-bond donors (Lipinski definition) is 1. The summed E-state index contributed by atoms with van der Waals surface area (Å²) >= 11 is 0. The molecule has 0 bridgehead atoms. The van der Waals surface area contributed by atoms with Crippen molar-refractivity contribution in [2.45, 2.75) is 25.5 Å². The van der Waals surface area contributed by atoms with E-state index in [0.717, 1.165) is 5.56 Å². The predicted molar refractivity (Wildman–Crippen MR) is 84.1 cm³/mol. The van der Waals surface area contributed by atoms with Crippen molar-refractivity contribution in [2.24, 2.45) is 0 Å². The van der Waals surface area contributed by atoms with E-state index in [2.05, 4.69) is 5.32 Å². The lowest BCUT2D eigenvalue weighted by Crippen LogP contribution is -2.46. The number of piperidine rings is 1. The maximum Gasteiger partial charge on any atom is 0.251 e. The highest BCUT2D eigenvalue weighted by atomic mass is 32.2. The summed E-state index contributed by atoms with van der Waals surface area (Å²) in [6, 6.07) is 7.30. The summed E-state index contributed by atoms with van der Waals surface area (Å²) in [6.07, 6.45) is 2.49. The Morgan fingerprint density at radius 3 is 2.36 bits per heavy atom. The van der Waals surface area contributed by atoms with Gasteiger partial charge in [-0.05, 0) is 30.5 Å². The molecule has 1 aliphatic rings. The molecule has 0 spiro atoms. The number of carbonyl (C=O) groups excluding carboxylic acids is 1. The van der Waals surface area contributed by atoms with Crippen LogP contribution >= 0.6 is 0 Å². The minimum Gasteiger partial charge on any atom is -0.380 e. The van der Waals surface area contributed by atoms with Crippen LogP contribution < -0.4 is 5.32 Å². The number of nitrogens with one attached hydrogen (secondary N) is 1. The van der Waals surface area contributed by atoms with Crippen LogP contribution in [0.4, 0.5) is 0 Å². The fraction of sp³-hybridized carbons (Fsp3) is 0.533. The van der Waals surface area contributed by atoms with E-state index >= 15 is 0 Å². The molecule has 1 aliphatic heterocycles. The summed E-state index contributed by atoms with van der Waals surface area (Å²) in [5.41, 5.74) is 1.62. The van der Waals surface area contributed by atoms with Crippen molar-refractivity contribution in [3.63, 3.8) is 0 Å². The number of methoxy groups -OCH3 is 1. The molecule has 2 rings (SSSR count). The molecule has 0 aromatic heterocycles. The number of ether oxygens (including phenoxy) is 1. The number of sulfonamides is 1. The van der Waals surface area contributed by atoms with Crippen molar-refractivity contribution in [3.05, 3.63) is 35.4 Å². The maximum absolute atomic E-state index is 12.2. The van der Waals surface area contributed by atoms with E-state index in [1.165, 1.54) is 10.6 Å². The van der Waals surface area contributed by atoms with Crippen molar-refractivity contribution in [3.8, 4) is 0 Å². The van der Waals surface area contributed by atoms with Gasteiger partial charge in [-0.25, -0.2) is 12.7 Å². The molecule has 122 valence electrons. The lowest BCUT2D eigenvalue weighted by molar-refractivity contribution is 0.0924. The fourth-order valence-corrected chi connectivity index (χ4v) is 3.39.